The van der Waals surface area contributed by atoms with Crippen LogP contribution in [0.4, 0.5) is 0 Å². The van der Waals surface area contributed by atoms with E-state index in [4.69, 9.17) is 0 Å². The van der Waals surface area contributed by atoms with Crippen molar-refractivity contribution in [2.24, 2.45) is 34.5 Å². The maximum atomic E-state index is 12.9. The first-order chi connectivity index (χ1) is 19.0. The molecule has 2 aromatic carbocycles. The number of allylic oxidation sites excluding steroid dienone is 3. The molecule has 7 rings (SSSR count). The van der Waals surface area contributed by atoms with Crippen LogP contribution in [0.3, 0.4) is 0 Å². The number of carbonyl (C=O) groups excluding carboxylic acids is 3. The summed E-state index contributed by atoms with van der Waals surface area (Å²) in [6.07, 6.45) is 9.21. The Hall–Kier alpha value is -2.89. The van der Waals surface area contributed by atoms with Crippen molar-refractivity contribution in [3.63, 3.8) is 0 Å². The monoisotopic (exact) mass is 540 g/mol. The number of benzene rings is 2. The summed E-state index contributed by atoms with van der Waals surface area (Å²) in [5, 5.41) is 22.8. The van der Waals surface area contributed by atoms with E-state index in [1.54, 1.807) is 13.0 Å². The number of aliphatic hydroxyl groups is 2. The Morgan fingerprint density at radius 3 is 2.40 bits per heavy atom. The maximum Gasteiger partial charge on any atom is 0.160 e. The number of hydrogen-bond donors (Lipinski definition) is 2. The zero-order valence-corrected chi connectivity index (χ0v) is 23.7. The largest absolute Gasteiger partial charge is 0.390 e. The number of rotatable bonds is 1. The first kappa shape index (κ1) is 27.3. The average molecular weight is 541 g/mol. The molecule has 0 radical (unpaired) electrons. The summed E-state index contributed by atoms with van der Waals surface area (Å²) in [7, 11) is 0. The predicted octanol–water partition coefficient (Wildman–Crippen LogP) is 5.64. The molecule has 5 nitrogen and oxygen atoms in total. The fourth-order valence-corrected chi connectivity index (χ4v) is 9.19. The molecule has 0 spiro atoms. The summed E-state index contributed by atoms with van der Waals surface area (Å²) in [6.45, 7) is 6.09. The molecule has 8 atom stereocenters. The van der Waals surface area contributed by atoms with E-state index in [9.17, 15) is 24.6 Å². The second kappa shape index (κ2) is 9.88. The van der Waals surface area contributed by atoms with Gasteiger partial charge in [0.1, 0.15) is 5.78 Å². The first-order valence-electron chi connectivity index (χ1n) is 14.9. The molecule has 210 valence electrons. The third-order valence-electron chi connectivity index (χ3n) is 11.3. The van der Waals surface area contributed by atoms with E-state index in [0.717, 1.165) is 25.7 Å². The van der Waals surface area contributed by atoms with Gasteiger partial charge in [0.2, 0.25) is 0 Å². The summed E-state index contributed by atoms with van der Waals surface area (Å²) < 4.78 is 0. The topological polar surface area (TPSA) is 91.7 Å². The number of Topliss-reactive ketones (excluding diaryl/α,β-unsaturated/α-hetero) is 1. The fraction of sp³-hybridized carbons (Fsp3) is 0.514. The second-order valence-electron chi connectivity index (χ2n) is 13.4. The Morgan fingerprint density at radius 2 is 1.62 bits per heavy atom. The molecule has 0 heterocycles. The van der Waals surface area contributed by atoms with Gasteiger partial charge in [-0.3, -0.25) is 14.4 Å². The second-order valence-corrected chi connectivity index (χ2v) is 13.4. The van der Waals surface area contributed by atoms with Gasteiger partial charge in [0, 0.05) is 18.3 Å². The molecule has 0 unspecified atom stereocenters. The molecule has 3 saturated carbocycles. The fourth-order valence-electron chi connectivity index (χ4n) is 9.19. The van der Waals surface area contributed by atoms with Gasteiger partial charge in [-0.15, -0.1) is 0 Å². The number of ketones is 3. The van der Waals surface area contributed by atoms with E-state index in [-0.39, 0.29) is 40.0 Å². The summed E-state index contributed by atoms with van der Waals surface area (Å²) in [5.41, 5.74) is 3.29. The van der Waals surface area contributed by atoms with Crippen LogP contribution in [-0.4, -0.2) is 39.8 Å². The molecule has 0 aromatic heterocycles. The molecule has 3 fully saturated rings. The van der Waals surface area contributed by atoms with Crippen LogP contribution in [0, 0.1) is 34.5 Å². The van der Waals surface area contributed by atoms with Gasteiger partial charge < -0.3 is 10.2 Å². The van der Waals surface area contributed by atoms with Crippen molar-refractivity contribution in [2.45, 2.75) is 77.9 Å². The minimum absolute atomic E-state index is 0.0234. The molecular formula is C35H40O5. The Balaban J connectivity index is 0.000000164. The van der Waals surface area contributed by atoms with Crippen LogP contribution in [-0.2, 0) is 20.8 Å². The average Bonchev–Trinajstić information content (AvgIpc) is 3.28. The molecule has 5 aliphatic carbocycles. The Kier molecular flexibility index (Phi) is 6.74. The third-order valence-corrected chi connectivity index (χ3v) is 11.3. The van der Waals surface area contributed by atoms with Crippen LogP contribution in [0.25, 0.3) is 16.8 Å². The Bertz CT molecular complexity index is 1450. The van der Waals surface area contributed by atoms with Crippen molar-refractivity contribution in [3.05, 3.63) is 65.3 Å². The quantitative estimate of drug-likeness (QED) is 0.488. The first-order valence-corrected chi connectivity index (χ1v) is 14.9. The van der Waals surface area contributed by atoms with Gasteiger partial charge in [0.15, 0.2) is 11.6 Å². The standard InChI is InChI=1S/C21H30O4.C14H10O/c1-11(22)13-4-5-14-12-8-17(23)16-9-18(24)19(25)10-21(16,3)15(12)6-7-20(13,14)2;15-12-8-7-11-6-5-10-3-1-2-4-13(10)14(11)9-12/h8,13-16,18-19,24-25H,4-7,9-10H2,1-3H3;1-8H,9H2/t13-,14+,15+,16+,18-,19+,20-,21-;/m1./s1. The molecule has 5 heteroatoms. The highest BCUT2D eigenvalue weighted by molar-refractivity contribution is 6.03. The van der Waals surface area contributed by atoms with E-state index >= 15 is 0 Å². The van der Waals surface area contributed by atoms with Crippen molar-refractivity contribution in [1.29, 1.82) is 0 Å². The highest BCUT2D eigenvalue weighted by Gasteiger charge is 2.60. The van der Waals surface area contributed by atoms with Gasteiger partial charge >= 0.3 is 0 Å². The van der Waals surface area contributed by atoms with Gasteiger partial charge in [-0.1, -0.05) is 61.9 Å². The van der Waals surface area contributed by atoms with Crippen LogP contribution in [0.2, 0.25) is 0 Å². The number of aliphatic hydroxyl groups excluding tert-OH is 2. The summed E-state index contributed by atoms with van der Waals surface area (Å²) in [5.74, 6) is 1.13. The smallest absolute Gasteiger partial charge is 0.160 e. The van der Waals surface area contributed by atoms with E-state index in [0.29, 0.717) is 31.1 Å². The van der Waals surface area contributed by atoms with Crippen LogP contribution >= 0.6 is 0 Å². The van der Waals surface area contributed by atoms with Gasteiger partial charge in [-0.25, -0.2) is 0 Å². The number of fused-ring (bicyclic) bond motifs is 8. The molecule has 0 saturated heterocycles. The third kappa shape index (κ3) is 4.24. The van der Waals surface area contributed by atoms with Crippen molar-refractivity contribution in [1.82, 2.24) is 0 Å². The predicted molar refractivity (Wildman–Crippen MR) is 155 cm³/mol. The van der Waals surface area contributed by atoms with Gasteiger partial charge in [-0.2, -0.15) is 0 Å². The summed E-state index contributed by atoms with van der Waals surface area (Å²) >= 11 is 0. The molecule has 5 aliphatic rings. The lowest BCUT2D eigenvalue weighted by atomic mass is 9.47. The normalized spacial score (nSPS) is 37.9. The van der Waals surface area contributed by atoms with E-state index in [1.165, 1.54) is 27.5 Å². The highest BCUT2D eigenvalue weighted by Crippen LogP contribution is 2.65. The lowest BCUT2D eigenvalue weighted by Gasteiger charge is -2.57. The minimum Gasteiger partial charge on any atom is -0.390 e. The van der Waals surface area contributed by atoms with Crippen LogP contribution in [0.1, 0.15) is 70.4 Å². The van der Waals surface area contributed by atoms with Gasteiger partial charge in [0.05, 0.1) is 12.2 Å². The molecule has 0 bridgehead atoms. The van der Waals surface area contributed by atoms with Crippen LogP contribution < -0.4 is 0 Å². The van der Waals surface area contributed by atoms with Crippen LogP contribution in [0.15, 0.2) is 54.1 Å². The van der Waals surface area contributed by atoms with E-state index in [1.807, 2.05) is 24.3 Å². The van der Waals surface area contributed by atoms with E-state index < -0.39 is 12.2 Å². The van der Waals surface area contributed by atoms with Gasteiger partial charge in [-0.05, 0) is 102 Å². The molecule has 40 heavy (non-hydrogen) atoms. The summed E-state index contributed by atoms with van der Waals surface area (Å²) in [4.78, 5) is 36.4. The SMILES string of the molecule is CC(=O)[C@H]1CC[C@H]2C3=CC(=O)[C@@H]4C[C@@H](O)[C@@H](O)C[C@]4(C)[C@H]3CC[C@]12C.O=C1C=Cc2ccc3ccccc3c2C1. The van der Waals surface area contributed by atoms with Crippen molar-refractivity contribution >= 4 is 34.2 Å². The number of hydrogen-bond acceptors (Lipinski definition) is 5. The lowest BCUT2D eigenvalue weighted by Crippen LogP contribution is -2.55. The zero-order valence-electron chi connectivity index (χ0n) is 23.7. The van der Waals surface area contributed by atoms with Crippen molar-refractivity contribution in [2.75, 3.05) is 0 Å². The molecular weight excluding hydrogens is 500 g/mol. The number of carbonyl (C=O) groups is 3. The zero-order chi connectivity index (χ0) is 28.4. The Morgan fingerprint density at radius 1 is 0.875 bits per heavy atom. The highest BCUT2D eigenvalue weighted by atomic mass is 16.3. The summed E-state index contributed by atoms with van der Waals surface area (Å²) in [6, 6.07) is 12.4. The minimum atomic E-state index is -0.792. The van der Waals surface area contributed by atoms with Crippen molar-refractivity contribution < 1.29 is 24.6 Å². The van der Waals surface area contributed by atoms with Crippen molar-refractivity contribution in [3.8, 4) is 0 Å². The molecule has 0 amide bonds. The molecule has 2 aromatic rings. The lowest BCUT2D eigenvalue weighted by molar-refractivity contribution is -0.143. The maximum absolute atomic E-state index is 12.9. The Labute approximate surface area is 236 Å². The van der Waals surface area contributed by atoms with Gasteiger partial charge in [0.25, 0.3) is 0 Å². The molecule has 0 aliphatic heterocycles. The molecule has 2 N–H and O–H groups in total. The van der Waals surface area contributed by atoms with E-state index in [2.05, 4.69) is 38.1 Å². The van der Waals surface area contributed by atoms with Crippen LogP contribution in [0.5, 0.6) is 0 Å².